The molecule has 88 valence electrons. The third-order valence-corrected chi connectivity index (χ3v) is 2.61. The quantitative estimate of drug-likeness (QED) is 0.883. The van der Waals surface area contributed by atoms with Gasteiger partial charge in [0.2, 0.25) is 0 Å². The van der Waals surface area contributed by atoms with E-state index >= 15 is 0 Å². The Morgan fingerprint density at radius 1 is 1.00 bits per heavy atom. The molecule has 0 aliphatic rings. The normalized spacial score (nSPS) is 12.4. The fraction of sp³-hybridized carbons (Fsp3) is 0.154. The fourth-order valence-electron chi connectivity index (χ4n) is 1.77. The zero-order chi connectivity index (χ0) is 12.3. The van der Waals surface area contributed by atoms with Crippen LogP contribution in [0, 0.1) is 11.6 Å². The van der Waals surface area contributed by atoms with E-state index in [1.54, 1.807) is 25.5 Å². The van der Waals surface area contributed by atoms with Crippen LogP contribution in [0.3, 0.4) is 0 Å². The molecule has 2 rings (SSSR count). The first kappa shape index (κ1) is 11.7. The minimum Gasteiger partial charge on any atom is -0.309 e. The van der Waals surface area contributed by atoms with Gasteiger partial charge in [-0.1, -0.05) is 6.07 Å². The Hall–Kier alpha value is -1.81. The second-order valence-corrected chi connectivity index (χ2v) is 3.68. The van der Waals surface area contributed by atoms with Crippen LogP contribution in [-0.4, -0.2) is 12.0 Å². The maximum absolute atomic E-state index is 13.2. The molecule has 1 atom stereocenters. The summed E-state index contributed by atoms with van der Waals surface area (Å²) in [4.78, 5) is 3.93. The van der Waals surface area contributed by atoms with Gasteiger partial charge >= 0.3 is 0 Å². The van der Waals surface area contributed by atoms with E-state index in [1.807, 2.05) is 12.1 Å². The number of nitrogens with one attached hydrogen (secondary N) is 1. The van der Waals surface area contributed by atoms with E-state index in [4.69, 9.17) is 0 Å². The number of nitrogens with zero attached hydrogens (tertiary/aromatic N) is 1. The lowest BCUT2D eigenvalue weighted by Crippen LogP contribution is -2.17. The van der Waals surface area contributed by atoms with Crippen LogP contribution in [0.5, 0.6) is 0 Å². The molecule has 0 saturated carbocycles. The molecule has 0 spiro atoms. The van der Waals surface area contributed by atoms with E-state index in [0.29, 0.717) is 5.56 Å². The number of halogens is 2. The minimum atomic E-state index is -0.836. The summed E-state index contributed by atoms with van der Waals surface area (Å²) < 4.78 is 26.0. The molecule has 1 N–H and O–H groups in total. The summed E-state index contributed by atoms with van der Waals surface area (Å²) in [5, 5.41) is 3.06. The smallest absolute Gasteiger partial charge is 0.159 e. The Bertz CT molecular complexity index is 500. The first-order valence-electron chi connectivity index (χ1n) is 5.24. The summed E-state index contributed by atoms with van der Waals surface area (Å²) in [7, 11) is 1.77. The molecule has 0 radical (unpaired) electrons. The monoisotopic (exact) mass is 234 g/mol. The van der Waals surface area contributed by atoms with Gasteiger partial charge in [0, 0.05) is 12.4 Å². The van der Waals surface area contributed by atoms with Crippen LogP contribution in [0.1, 0.15) is 17.2 Å². The highest BCUT2D eigenvalue weighted by Crippen LogP contribution is 2.22. The molecule has 1 unspecified atom stereocenters. The van der Waals surface area contributed by atoms with Crippen LogP contribution in [0.15, 0.2) is 42.7 Å². The standard InChI is InChI=1S/C13H12F2N2/c1-16-13(9-4-6-17-7-5-9)10-2-3-11(14)12(15)8-10/h2-8,13,16H,1H3. The Morgan fingerprint density at radius 2 is 1.71 bits per heavy atom. The average molecular weight is 234 g/mol. The number of hydrogen-bond donors (Lipinski definition) is 1. The van der Waals surface area contributed by atoms with Crippen molar-refractivity contribution < 1.29 is 8.78 Å². The van der Waals surface area contributed by atoms with Crippen LogP contribution >= 0.6 is 0 Å². The highest BCUT2D eigenvalue weighted by molar-refractivity contribution is 5.31. The second kappa shape index (κ2) is 5.01. The summed E-state index contributed by atoms with van der Waals surface area (Å²) in [5.41, 5.74) is 1.63. The van der Waals surface area contributed by atoms with Gasteiger partial charge < -0.3 is 5.32 Å². The SMILES string of the molecule is CNC(c1ccncc1)c1ccc(F)c(F)c1. The zero-order valence-electron chi connectivity index (χ0n) is 9.32. The zero-order valence-corrected chi connectivity index (χ0v) is 9.32. The van der Waals surface area contributed by atoms with Gasteiger partial charge in [-0.05, 0) is 42.4 Å². The molecule has 0 saturated heterocycles. The van der Waals surface area contributed by atoms with Crippen molar-refractivity contribution in [2.24, 2.45) is 0 Å². The molecular formula is C13H12F2N2. The van der Waals surface area contributed by atoms with Gasteiger partial charge in [0.05, 0.1) is 6.04 Å². The Kier molecular flexibility index (Phi) is 3.44. The number of aromatic nitrogens is 1. The Labute approximate surface area is 98.3 Å². The highest BCUT2D eigenvalue weighted by Gasteiger charge is 2.13. The van der Waals surface area contributed by atoms with Crippen molar-refractivity contribution in [1.29, 1.82) is 0 Å². The predicted octanol–water partition coefficient (Wildman–Crippen LogP) is 2.67. The van der Waals surface area contributed by atoms with Gasteiger partial charge in [-0.15, -0.1) is 0 Å². The number of pyridine rings is 1. The lowest BCUT2D eigenvalue weighted by atomic mass is 10.00. The summed E-state index contributed by atoms with van der Waals surface area (Å²) in [6.45, 7) is 0. The molecule has 0 fully saturated rings. The van der Waals surface area contributed by atoms with Gasteiger partial charge in [0.1, 0.15) is 0 Å². The molecule has 1 aromatic heterocycles. The molecule has 2 nitrogen and oxygen atoms in total. The maximum atomic E-state index is 13.2. The van der Waals surface area contributed by atoms with Crippen molar-refractivity contribution in [1.82, 2.24) is 10.3 Å². The molecule has 2 aromatic rings. The molecule has 0 aliphatic heterocycles. The molecule has 4 heteroatoms. The van der Waals surface area contributed by atoms with E-state index in [0.717, 1.165) is 11.6 Å². The van der Waals surface area contributed by atoms with Crippen molar-refractivity contribution in [3.8, 4) is 0 Å². The highest BCUT2D eigenvalue weighted by atomic mass is 19.2. The molecule has 0 aliphatic carbocycles. The third-order valence-electron chi connectivity index (χ3n) is 2.61. The first-order chi connectivity index (χ1) is 8.22. The van der Waals surface area contributed by atoms with Crippen molar-refractivity contribution in [3.05, 3.63) is 65.5 Å². The largest absolute Gasteiger partial charge is 0.309 e. The molecule has 17 heavy (non-hydrogen) atoms. The molecule has 0 bridgehead atoms. The number of benzene rings is 1. The van der Waals surface area contributed by atoms with Crippen LogP contribution < -0.4 is 5.32 Å². The van der Waals surface area contributed by atoms with Gasteiger partial charge in [-0.2, -0.15) is 0 Å². The summed E-state index contributed by atoms with van der Waals surface area (Å²) in [5.74, 6) is -1.67. The van der Waals surface area contributed by atoms with Crippen molar-refractivity contribution in [2.75, 3.05) is 7.05 Å². The lowest BCUT2D eigenvalue weighted by Gasteiger charge is -2.17. The van der Waals surface area contributed by atoms with Crippen molar-refractivity contribution in [3.63, 3.8) is 0 Å². The van der Waals surface area contributed by atoms with Gasteiger partial charge in [-0.25, -0.2) is 8.78 Å². The van der Waals surface area contributed by atoms with E-state index in [1.165, 1.54) is 6.07 Å². The second-order valence-electron chi connectivity index (χ2n) is 3.68. The minimum absolute atomic E-state index is 0.173. The summed E-state index contributed by atoms with van der Waals surface area (Å²) in [6, 6.07) is 7.41. The number of rotatable bonds is 3. The average Bonchev–Trinajstić information content (AvgIpc) is 2.36. The lowest BCUT2D eigenvalue weighted by molar-refractivity contribution is 0.505. The fourth-order valence-corrected chi connectivity index (χ4v) is 1.77. The molecular weight excluding hydrogens is 222 g/mol. The molecule has 1 aromatic carbocycles. The molecule has 1 heterocycles. The van der Waals surface area contributed by atoms with E-state index in [9.17, 15) is 8.78 Å². The maximum Gasteiger partial charge on any atom is 0.159 e. The van der Waals surface area contributed by atoms with Gasteiger partial charge in [-0.3, -0.25) is 4.98 Å². The summed E-state index contributed by atoms with van der Waals surface area (Å²) in [6.07, 6.45) is 3.33. The first-order valence-corrected chi connectivity index (χ1v) is 5.24. The van der Waals surface area contributed by atoms with E-state index in [2.05, 4.69) is 10.3 Å². The van der Waals surface area contributed by atoms with Crippen LogP contribution in [0.25, 0.3) is 0 Å². The third kappa shape index (κ3) is 2.47. The molecule has 0 amide bonds. The van der Waals surface area contributed by atoms with Crippen LogP contribution in [-0.2, 0) is 0 Å². The van der Waals surface area contributed by atoms with Crippen molar-refractivity contribution >= 4 is 0 Å². The van der Waals surface area contributed by atoms with Gasteiger partial charge in [0.25, 0.3) is 0 Å². The van der Waals surface area contributed by atoms with Gasteiger partial charge in [0.15, 0.2) is 11.6 Å². The van der Waals surface area contributed by atoms with E-state index < -0.39 is 11.6 Å². The Balaban J connectivity index is 2.39. The Morgan fingerprint density at radius 3 is 2.29 bits per heavy atom. The topological polar surface area (TPSA) is 24.9 Å². The van der Waals surface area contributed by atoms with Crippen LogP contribution in [0.2, 0.25) is 0 Å². The summed E-state index contributed by atoms with van der Waals surface area (Å²) >= 11 is 0. The predicted molar refractivity (Wildman–Crippen MR) is 61.5 cm³/mol. The van der Waals surface area contributed by atoms with Crippen molar-refractivity contribution in [2.45, 2.75) is 6.04 Å². The van der Waals surface area contributed by atoms with Crippen LogP contribution in [0.4, 0.5) is 8.78 Å². The van der Waals surface area contributed by atoms with E-state index in [-0.39, 0.29) is 6.04 Å². The number of hydrogen-bond acceptors (Lipinski definition) is 2.